The van der Waals surface area contributed by atoms with Crippen LogP contribution in [0, 0.1) is 5.95 Å². The Kier molecular flexibility index (Phi) is 7.58. The number of fused-ring (bicyclic) bond motifs is 1. The van der Waals surface area contributed by atoms with E-state index in [1.807, 2.05) is 0 Å². The molecule has 1 atom stereocenters. The summed E-state index contributed by atoms with van der Waals surface area (Å²) in [4.78, 5) is 19.0. The minimum absolute atomic E-state index is 0.00643. The third-order valence-electron chi connectivity index (χ3n) is 6.19. The third-order valence-corrected chi connectivity index (χ3v) is 6.80. The van der Waals surface area contributed by atoms with Crippen LogP contribution in [0.3, 0.4) is 0 Å². The molecular formula is C27H23F4N7O2S. The van der Waals surface area contributed by atoms with Crippen molar-refractivity contribution in [2.75, 3.05) is 16.3 Å². The minimum atomic E-state index is -4.54. The lowest BCUT2D eigenvalue weighted by Gasteiger charge is -2.20. The Bertz CT molecular complexity index is 1780. The van der Waals surface area contributed by atoms with E-state index < -0.39 is 28.1 Å². The number of hydrogen-bond acceptors (Lipinski definition) is 7. The van der Waals surface area contributed by atoms with Crippen LogP contribution in [0.2, 0.25) is 0 Å². The largest absolute Gasteiger partial charge is 0.401 e. The third kappa shape index (κ3) is 6.77. The van der Waals surface area contributed by atoms with Gasteiger partial charge in [0.25, 0.3) is 0 Å². The molecule has 9 nitrogen and oxygen atoms in total. The first-order valence-corrected chi connectivity index (χ1v) is 14.1. The van der Waals surface area contributed by atoms with Gasteiger partial charge in [0.05, 0.1) is 23.8 Å². The summed E-state index contributed by atoms with van der Waals surface area (Å²) in [5.74, 6) is -2.38. The second-order valence-corrected chi connectivity index (χ2v) is 11.1. The molecule has 212 valence electrons. The van der Waals surface area contributed by atoms with E-state index in [1.54, 1.807) is 24.4 Å². The van der Waals surface area contributed by atoms with Gasteiger partial charge >= 0.3 is 6.18 Å². The predicted molar refractivity (Wildman–Crippen MR) is 145 cm³/mol. The Hall–Kier alpha value is -4.59. The summed E-state index contributed by atoms with van der Waals surface area (Å²) in [6.07, 6.45) is 3.61. The first kappa shape index (κ1) is 28.0. The van der Waals surface area contributed by atoms with Crippen LogP contribution in [0.15, 0.2) is 73.4 Å². The van der Waals surface area contributed by atoms with Crippen molar-refractivity contribution < 1.29 is 26.0 Å². The van der Waals surface area contributed by atoms with Crippen LogP contribution in [-0.2, 0) is 23.0 Å². The van der Waals surface area contributed by atoms with E-state index >= 15 is 0 Å². The van der Waals surface area contributed by atoms with Crippen molar-refractivity contribution in [1.29, 1.82) is 0 Å². The molecule has 0 fully saturated rings. The quantitative estimate of drug-likeness (QED) is 0.161. The summed E-state index contributed by atoms with van der Waals surface area (Å²) in [7, 11) is -3.49. The van der Waals surface area contributed by atoms with Crippen LogP contribution in [-0.4, -0.2) is 45.8 Å². The van der Waals surface area contributed by atoms with Crippen molar-refractivity contribution in [1.82, 2.24) is 24.9 Å². The molecule has 0 spiro atoms. The van der Waals surface area contributed by atoms with Gasteiger partial charge in [0.2, 0.25) is 16.0 Å². The van der Waals surface area contributed by atoms with Crippen LogP contribution in [0.1, 0.15) is 33.9 Å². The topological polar surface area (TPSA) is 126 Å². The second-order valence-electron chi connectivity index (χ2n) is 9.34. The first-order chi connectivity index (χ1) is 19.5. The lowest BCUT2D eigenvalue weighted by atomic mass is 9.96. The molecule has 0 aliphatic rings. The minimum Gasteiger partial charge on any atom is -0.366 e. The molecule has 0 saturated carbocycles. The molecular weight excluding hydrogens is 562 g/mol. The standard InChI is InChI=1S/C27H23F4N7O2S/c1-41(39,40)38-20-10-21-19(14-35-26(21)36-15-20)9-17-5-7-23(37-25(17)28)34-12-16-4-6-22(33-11-16)24(27(29,30)31)18-3-2-8-32-13-18/h2-8,10-11,13-15,24,38H,9,12H2,1H3,(H,34,37)(H,35,36). The van der Waals surface area contributed by atoms with Crippen molar-refractivity contribution in [3.63, 3.8) is 0 Å². The van der Waals surface area contributed by atoms with E-state index in [0.717, 1.165) is 6.26 Å². The highest BCUT2D eigenvalue weighted by Crippen LogP contribution is 2.39. The second kappa shape index (κ2) is 11.1. The van der Waals surface area contributed by atoms with Gasteiger partial charge in [-0.1, -0.05) is 18.2 Å². The van der Waals surface area contributed by atoms with Gasteiger partial charge < -0.3 is 10.3 Å². The molecule has 5 rings (SSSR count). The normalized spacial score (nSPS) is 12.8. The molecule has 0 aliphatic carbocycles. The fourth-order valence-corrected chi connectivity index (χ4v) is 4.89. The molecule has 0 aromatic carbocycles. The van der Waals surface area contributed by atoms with E-state index in [2.05, 4.69) is 35.0 Å². The number of pyridine rings is 4. The molecule has 41 heavy (non-hydrogen) atoms. The van der Waals surface area contributed by atoms with Crippen LogP contribution in [0.5, 0.6) is 0 Å². The molecule has 5 aromatic heterocycles. The van der Waals surface area contributed by atoms with Gasteiger partial charge in [0, 0.05) is 48.7 Å². The van der Waals surface area contributed by atoms with Crippen molar-refractivity contribution in [3.05, 3.63) is 107 Å². The van der Waals surface area contributed by atoms with E-state index in [9.17, 15) is 26.0 Å². The summed E-state index contributed by atoms with van der Waals surface area (Å²) in [5, 5.41) is 3.58. The molecule has 5 aromatic rings. The number of H-pyrrole nitrogens is 1. The van der Waals surface area contributed by atoms with Gasteiger partial charge in [-0.3, -0.25) is 14.7 Å². The van der Waals surface area contributed by atoms with Crippen LogP contribution in [0.4, 0.5) is 29.1 Å². The molecule has 0 radical (unpaired) electrons. The van der Waals surface area contributed by atoms with Gasteiger partial charge in [-0.15, -0.1) is 0 Å². The number of alkyl halides is 3. The maximum atomic E-state index is 14.9. The summed E-state index contributed by atoms with van der Waals surface area (Å²) in [5.41, 5.74) is 2.22. The molecule has 0 saturated heterocycles. The van der Waals surface area contributed by atoms with E-state index in [-0.39, 0.29) is 35.7 Å². The van der Waals surface area contributed by atoms with Gasteiger partial charge in [-0.2, -0.15) is 17.6 Å². The number of hydrogen-bond donors (Lipinski definition) is 3. The number of aromatic amines is 1. The van der Waals surface area contributed by atoms with Gasteiger partial charge in [-0.05, 0) is 41.0 Å². The summed E-state index contributed by atoms with van der Waals surface area (Å²) in [6.45, 7) is 0.160. The van der Waals surface area contributed by atoms with Gasteiger partial charge in [-0.25, -0.2) is 18.4 Å². The summed E-state index contributed by atoms with van der Waals surface area (Å²) >= 11 is 0. The number of aromatic nitrogens is 5. The zero-order chi connectivity index (χ0) is 29.2. The maximum Gasteiger partial charge on any atom is 0.401 e. The molecule has 1 unspecified atom stereocenters. The van der Waals surface area contributed by atoms with Gasteiger partial charge in [0.1, 0.15) is 17.4 Å². The maximum absolute atomic E-state index is 14.9. The Labute approximate surface area is 232 Å². The van der Waals surface area contributed by atoms with Crippen molar-refractivity contribution >= 4 is 32.6 Å². The van der Waals surface area contributed by atoms with E-state index in [4.69, 9.17) is 0 Å². The highest BCUT2D eigenvalue weighted by atomic mass is 32.2. The molecule has 14 heteroatoms. The monoisotopic (exact) mass is 585 g/mol. The Balaban J connectivity index is 1.26. The van der Waals surface area contributed by atoms with E-state index in [0.29, 0.717) is 27.7 Å². The van der Waals surface area contributed by atoms with Crippen molar-refractivity contribution in [2.45, 2.75) is 25.1 Å². The van der Waals surface area contributed by atoms with E-state index in [1.165, 1.54) is 49.1 Å². The summed E-state index contributed by atoms with van der Waals surface area (Å²) < 4.78 is 81.6. The molecule has 0 amide bonds. The SMILES string of the molecule is CS(=O)(=O)Nc1cnc2[nH]cc(Cc3ccc(NCc4ccc(C(c5cccnc5)C(F)(F)F)nc4)nc3F)c2c1. The lowest BCUT2D eigenvalue weighted by molar-refractivity contribution is -0.141. The first-order valence-electron chi connectivity index (χ1n) is 12.2. The number of nitrogens with zero attached hydrogens (tertiary/aromatic N) is 4. The molecule has 3 N–H and O–H groups in total. The Morgan fingerprint density at radius 3 is 2.51 bits per heavy atom. The average Bonchev–Trinajstić information content (AvgIpc) is 3.30. The zero-order valence-corrected chi connectivity index (χ0v) is 22.3. The van der Waals surface area contributed by atoms with Crippen LogP contribution < -0.4 is 10.0 Å². The number of sulfonamides is 1. The summed E-state index contributed by atoms with van der Waals surface area (Å²) in [6, 6.07) is 10.4. The van der Waals surface area contributed by atoms with Crippen LogP contribution >= 0.6 is 0 Å². The molecule has 0 bridgehead atoms. The van der Waals surface area contributed by atoms with Crippen LogP contribution in [0.25, 0.3) is 11.0 Å². The van der Waals surface area contributed by atoms with Crippen molar-refractivity contribution in [2.24, 2.45) is 0 Å². The fourth-order valence-electron chi connectivity index (χ4n) is 4.35. The lowest BCUT2D eigenvalue weighted by Crippen LogP contribution is -2.23. The van der Waals surface area contributed by atoms with Crippen molar-refractivity contribution in [3.8, 4) is 0 Å². The Morgan fingerprint density at radius 1 is 1.02 bits per heavy atom. The fraction of sp³-hybridized carbons (Fsp3) is 0.185. The number of anilines is 2. The average molecular weight is 586 g/mol. The number of nitrogens with one attached hydrogen (secondary N) is 3. The Morgan fingerprint density at radius 2 is 1.85 bits per heavy atom. The zero-order valence-electron chi connectivity index (χ0n) is 21.4. The highest BCUT2D eigenvalue weighted by molar-refractivity contribution is 7.92. The van der Waals surface area contributed by atoms with Gasteiger partial charge in [0.15, 0.2) is 0 Å². The molecule has 5 heterocycles. The molecule has 0 aliphatic heterocycles. The smallest absolute Gasteiger partial charge is 0.366 e. The number of halogens is 4. The number of rotatable bonds is 9. The highest BCUT2D eigenvalue weighted by Gasteiger charge is 2.43. The predicted octanol–water partition coefficient (Wildman–Crippen LogP) is 5.16.